The average Bonchev–Trinajstić information content (AvgIpc) is 2.15. The molecule has 2 aromatic carbocycles. The highest BCUT2D eigenvalue weighted by Crippen LogP contribution is 2.21. The summed E-state index contributed by atoms with van der Waals surface area (Å²) in [5.41, 5.74) is 6.12. The Kier molecular flexibility index (Phi) is 3.42. The van der Waals surface area contributed by atoms with Crippen LogP contribution in [-0.2, 0) is 10.1 Å². The molecule has 0 saturated carbocycles. The van der Waals surface area contributed by atoms with E-state index >= 15 is 0 Å². The topological polar surface area (TPSA) is 80.4 Å². The van der Waals surface area contributed by atoms with Crippen molar-refractivity contribution in [2.24, 2.45) is 0 Å². The molecule has 4 nitrogen and oxygen atoms in total. The van der Waals surface area contributed by atoms with Crippen LogP contribution in [0.4, 0.5) is 5.69 Å². The standard InChI is InChI=1S/C10H9NO3S.ClH/c11-9-3-1-7-2-4-10(15(12,13)14)6-8(7)5-9;/h1-6H,11H2,(H,12,13,14);1H. The molecule has 0 heterocycles. The van der Waals surface area contributed by atoms with Crippen molar-refractivity contribution in [2.45, 2.75) is 4.90 Å². The van der Waals surface area contributed by atoms with Gasteiger partial charge in [-0.2, -0.15) is 8.42 Å². The summed E-state index contributed by atoms with van der Waals surface area (Å²) in [5.74, 6) is 0. The van der Waals surface area contributed by atoms with Crippen molar-refractivity contribution in [2.75, 3.05) is 5.73 Å². The Bertz CT molecular complexity index is 625. The molecule has 6 heteroatoms. The van der Waals surface area contributed by atoms with Gasteiger partial charge in [0, 0.05) is 5.69 Å². The van der Waals surface area contributed by atoms with Crippen LogP contribution in [0.5, 0.6) is 0 Å². The van der Waals surface area contributed by atoms with Gasteiger partial charge in [0.05, 0.1) is 4.90 Å². The summed E-state index contributed by atoms with van der Waals surface area (Å²) in [6, 6.07) is 9.55. The van der Waals surface area contributed by atoms with Crippen molar-refractivity contribution in [3.8, 4) is 0 Å². The number of hydrogen-bond acceptors (Lipinski definition) is 3. The summed E-state index contributed by atoms with van der Waals surface area (Å²) in [6.45, 7) is 0. The van der Waals surface area contributed by atoms with Crippen molar-refractivity contribution in [3.05, 3.63) is 36.4 Å². The van der Waals surface area contributed by atoms with E-state index in [1.165, 1.54) is 12.1 Å². The monoisotopic (exact) mass is 259 g/mol. The van der Waals surface area contributed by atoms with Crippen LogP contribution in [-0.4, -0.2) is 13.0 Å². The second kappa shape index (κ2) is 4.29. The lowest BCUT2D eigenvalue weighted by atomic mass is 10.1. The lowest BCUT2D eigenvalue weighted by Crippen LogP contribution is -1.97. The maximum absolute atomic E-state index is 10.9. The molecule has 16 heavy (non-hydrogen) atoms. The van der Waals surface area contributed by atoms with E-state index in [1.54, 1.807) is 24.3 Å². The molecule has 0 aliphatic heterocycles. The molecule has 0 saturated heterocycles. The fraction of sp³-hybridized carbons (Fsp3) is 0. The van der Waals surface area contributed by atoms with E-state index < -0.39 is 10.1 Å². The van der Waals surface area contributed by atoms with E-state index in [1.807, 2.05) is 0 Å². The number of hydrogen-bond donors (Lipinski definition) is 2. The maximum Gasteiger partial charge on any atom is 0.294 e. The van der Waals surface area contributed by atoms with E-state index in [9.17, 15) is 8.42 Å². The summed E-state index contributed by atoms with van der Waals surface area (Å²) in [4.78, 5) is -0.124. The van der Waals surface area contributed by atoms with Crippen LogP contribution in [0, 0.1) is 0 Å². The lowest BCUT2D eigenvalue weighted by molar-refractivity contribution is 0.483. The number of nitrogen functional groups attached to an aromatic ring is 1. The third-order valence-corrected chi connectivity index (χ3v) is 2.98. The molecule has 0 bridgehead atoms. The Balaban J connectivity index is 0.00000128. The summed E-state index contributed by atoms with van der Waals surface area (Å²) < 4.78 is 30.6. The van der Waals surface area contributed by atoms with Crippen LogP contribution in [0.15, 0.2) is 41.3 Å². The number of halogens is 1. The van der Waals surface area contributed by atoms with Crippen molar-refractivity contribution < 1.29 is 13.0 Å². The van der Waals surface area contributed by atoms with E-state index in [2.05, 4.69) is 0 Å². The van der Waals surface area contributed by atoms with Crippen molar-refractivity contribution in [1.82, 2.24) is 0 Å². The Morgan fingerprint density at radius 3 is 2.25 bits per heavy atom. The number of fused-ring (bicyclic) bond motifs is 1. The smallest absolute Gasteiger partial charge is 0.294 e. The first kappa shape index (κ1) is 12.8. The van der Waals surface area contributed by atoms with Gasteiger partial charge in [0.2, 0.25) is 0 Å². The van der Waals surface area contributed by atoms with Crippen LogP contribution in [0.1, 0.15) is 0 Å². The molecule has 0 aliphatic rings. The van der Waals surface area contributed by atoms with E-state index in [4.69, 9.17) is 10.3 Å². The molecule has 0 unspecified atom stereocenters. The molecule has 0 fully saturated rings. The minimum atomic E-state index is -4.15. The Hall–Kier alpha value is -1.30. The molecule has 3 N–H and O–H groups in total. The first-order chi connectivity index (χ1) is 6.97. The largest absolute Gasteiger partial charge is 0.399 e. The van der Waals surface area contributed by atoms with Gasteiger partial charge in [-0.1, -0.05) is 12.1 Å². The first-order valence-electron chi connectivity index (χ1n) is 4.23. The number of anilines is 1. The Labute approximate surface area is 99.2 Å². The molecule has 0 aromatic heterocycles. The highest BCUT2D eigenvalue weighted by atomic mass is 35.5. The zero-order valence-corrected chi connectivity index (χ0v) is 9.75. The zero-order chi connectivity index (χ0) is 11.1. The molecule has 0 radical (unpaired) electrons. The van der Waals surface area contributed by atoms with Crippen molar-refractivity contribution in [3.63, 3.8) is 0 Å². The van der Waals surface area contributed by atoms with E-state index in [0.717, 1.165) is 5.39 Å². The zero-order valence-electron chi connectivity index (χ0n) is 8.12. The molecule has 0 aliphatic carbocycles. The molecular weight excluding hydrogens is 250 g/mol. The SMILES string of the molecule is Cl.Nc1ccc2ccc(S(=O)(=O)O)cc2c1. The lowest BCUT2D eigenvalue weighted by Gasteiger charge is -2.01. The number of nitrogens with two attached hydrogens (primary N) is 1. The minimum absolute atomic E-state index is 0. The first-order valence-corrected chi connectivity index (χ1v) is 5.67. The third-order valence-electron chi connectivity index (χ3n) is 2.13. The van der Waals surface area contributed by atoms with Gasteiger partial charge in [0.25, 0.3) is 10.1 Å². The predicted molar refractivity (Wildman–Crippen MR) is 65.4 cm³/mol. The van der Waals surface area contributed by atoms with Crippen molar-refractivity contribution in [1.29, 1.82) is 0 Å². The Morgan fingerprint density at radius 1 is 1.00 bits per heavy atom. The third kappa shape index (κ3) is 2.44. The average molecular weight is 260 g/mol. The van der Waals surface area contributed by atoms with Gasteiger partial charge in [-0.05, 0) is 35.0 Å². The van der Waals surface area contributed by atoms with Gasteiger partial charge in [-0.3, -0.25) is 4.55 Å². The van der Waals surface area contributed by atoms with Crippen LogP contribution in [0.25, 0.3) is 10.8 Å². The van der Waals surface area contributed by atoms with Gasteiger partial charge in [0.1, 0.15) is 0 Å². The van der Waals surface area contributed by atoms with E-state index in [-0.39, 0.29) is 17.3 Å². The van der Waals surface area contributed by atoms with Gasteiger partial charge in [-0.25, -0.2) is 0 Å². The van der Waals surface area contributed by atoms with Crippen LogP contribution >= 0.6 is 12.4 Å². The van der Waals surface area contributed by atoms with Gasteiger partial charge in [-0.15, -0.1) is 12.4 Å². The van der Waals surface area contributed by atoms with Gasteiger partial charge in [0.15, 0.2) is 0 Å². The van der Waals surface area contributed by atoms with E-state index in [0.29, 0.717) is 11.1 Å². The second-order valence-electron chi connectivity index (χ2n) is 3.24. The molecule has 2 rings (SSSR count). The van der Waals surface area contributed by atoms with Crippen LogP contribution in [0.2, 0.25) is 0 Å². The summed E-state index contributed by atoms with van der Waals surface area (Å²) in [7, 11) is -4.15. The fourth-order valence-corrected chi connectivity index (χ4v) is 1.92. The molecule has 0 spiro atoms. The fourth-order valence-electron chi connectivity index (χ4n) is 1.40. The molecule has 86 valence electrons. The molecule has 0 amide bonds. The normalized spacial score (nSPS) is 11.1. The molecule has 0 atom stereocenters. The summed E-state index contributed by atoms with van der Waals surface area (Å²) in [6.07, 6.45) is 0. The number of benzene rings is 2. The highest BCUT2D eigenvalue weighted by molar-refractivity contribution is 7.85. The van der Waals surface area contributed by atoms with Gasteiger partial charge >= 0.3 is 0 Å². The number of rotatable bonds is 1. The van der Waals surface area contributed by atoms with Crippen molar-refractivity contribution >= 4 is 39.0 Å². The highest BCUT2D eigenvalue weighted by Gasteiger charge is 2.09. The Morgan fingerprint density at radius 2 is 1.62 bits per heavy atom. The molecule has 2 aromatic rings. The summed E-state index contributed by atoms with van der Waals surface area (Å²) >= 11 is 0. The summed E-state index contributed by atoms with van der Waals surface area (Å²) in [5, 5.41) is 1.56. The maximum atomic E-state index is 10.9. The second-order valence-corrected chi connectivity index (χ2v) is 4.66. The quantitative estimate of drug-likeness (QED) is 0.607. The molecular formula is C10H10ClNO3S. The predicted octanol–water partition coefficient (Wildman–Crippen LogP) is 2.09. The minimum Gasteiger partial charge on any atom is -0.399 e. The van der Waals surface area contributed by atoms with Gasteiger partial charge < -0.3 is 5.73 Å². The van der Waals surface area contributed by atoms with Crippen LogP contribution in [0.3, 0.4) is 0 Å². The van der Waals surface area contributed by atoms with Crippen LogP contribution < -0.4 is 5.73 Å².